The van der Waals surface area contributed by atoms with Gasteiger partial charge in [-0.25, -0.2) is 9.98 Å². The van der Waals surface area contributed by atoms with Crippen molar-refractivity contribution in [2.45, 2.75) is 26.4 Å². The van der Waals surface area contributed by atoms with Crippen molar-refractivity contribution in [2.75, 3.05) is 25.5 Å². The molecule has 0 bridgehead atoms. The van der Waals surface area contributed by atoms with Crippen molar-refractivity contribution >= 4 is 33.8 Å². The monoisotopic (exact) mass is 337 g/mol. The van der Waals surface area contributed by atoms with Crippen molar-refractivity contribution < 1.29 is 0 Å². The average Bonchev–Trinajstić information content (AvgIpc) is 3.16. The van der Waals surface area contributed by atoms with Crippen LogP contribution in [0, 0.1) is 0 Å². The van der Waals surface area contributed by atoms with Crippen molar-refractivity contribution in [3.05, 3.63) is 33.5 Å². The van der Waals surface area contributed by atoms with Gasteiger partial charge in [0.05, 0.1) is 18.3 Å². The summed E-state index contributed by atoms with van der Waals surface area (Å²) >= 11 is 3.39. The number of nitrogens with one attached hydrogen (secondary N) is 2. The van der Waals surface area contributed by atoms with Crippen LogP contribution in [0.3, 0.4) is 0 Å². The molecule has 2 N–H and O–H groups in total. The molecule has 2 aromatic rings. The first-order valence-corrected chi connectivity index (χ1v) is 9.06. The maximum absolute atomic E-state index is 4.63. The quantitative estimate of drug-likeness (QED) is 0.628. The SMILES string of the molecule is CCNC(=NCc1csc(N(C)C)n1)NC(C)c1cccs1. The van der Waals surface area contributed by atoms with Crippen LogP contribution in [0.15, 0.2) is 27.9 Å². The van der Waals surface area contributed by atoms with Gasteiger partial charge in [0.2, 0.25) is 0 Å². The number of guanidine groups is 1. The van der Waals surface area contributed by atoms with Crippen LogP contribution in [0.4, 0.5) is 5.13 Å². The fraction of sp³-hybridized carbons (Fsp3) is 0.467. The van der Waals surface area contributed by atoms with Gasteiger partial charge in [0, 0.05) is 30.9 Å². The van der Waals surface area contributed by atoms with Gasteiger partial charge in [-0.05, 0) is 25.3 Å². The number of hydrogen-bond donors (Lipinski definition) is 2. The Morgan fingerprint density at radius 2 is 2.23 bits per heavy atom. The standard InChI is InChI=1S/C15H23N5S2/c1-5-16-14(18-11(2)13-7-6-8-21-13)17-9-12-10-22-15(19-12)20(3)4/h6-8,10-11H,5,9H2,1-4H3,(H2,16,17,18). The minimum absolute atomic E-state index is 0.241. The third-order valence-corrected chi connectivity index (χ3v) is 5.10. The van der Waals surface area contributed by atoms with Crippen molar-refractivity contribution in [3.8, 4) is 0 Å². The summed E-state index contributed by atoms with van der Waals surface area (Å²) < 4.78 is 0. The molecule has 0 saturated carbocycles. The number of thiophene rings is 1. The molecule has 0 aromatic carbocycles. The lowest BCUT2D eigenvalue weighted by atomic mass is 10.3. The van der Waals surface area contributed by atoms with Gasteiger partial charge in [0.15, 0.2) is 11.1 Å². The Kier molecular flexibility index (Phi) is 6.21. The van der Waals surface area contributed by atoms with E-state index in [1.807, 2.05) is 19.0 Å². The maximum Gasteiger partial charge on any atom is 0.192 e. The lowest BCUT2D eigenvalue weighted by molar-refractivity contribution is 0.697. The van der Waals surface area contributed by atoms with Crippen LogP contribution in [0.25, 0.3) is 0 Å². The van der Waals surface area contributed by atoms with Gasteiger partial charge in [-0.15, -0.1) is 22.7 Å². The molecule has 0 spiro atoms. The molecule has 1 unspecified atom stereocenters. The highest BCUT2D eigenvalue weighted by Crippen LogP contribution is 2.19. The van der Waals surface area contributed by atoms with Crippen LogP contribution in [-0.4, -0.2) is 31.6 Å². The van der Waals surface area contributed by atoms with E-state index in [2.05, 4.69) is 57.4 Å². The smallest absolute Gasteiger partial charge is 0.192 e. The first-order valence-electron chi connectivity index (χ1n) is 7.30. The lowest BCUT2D eigenvalue weighted by Crippen LogP contribution is -2.38. The predicted octanol–water partition coefficient (Wildman–Crippen LogP) is 3.09. The molecular formula is C15H23N5S2. The van der Waals surface area contributed by atoms with Gasteiger partial charge in [-0.1, -0.05) is 6.07 Å². The molecule has 0 aliphatic carbocycles. The van der Waals surface area contributed by atoms with E-state index in [-0.39, 0.29) is 6.04 Å². The van der Waals surface area contributed by atoms with Gasteiger partial charge in [-0.2, -0.15) is 0 Å². The maximum atomic E-state index is 4.63. The van der Waals surface area contributed by atoms with Gasteiger partial charge >= 0.3 is 0 Å². The first-order chi connectivity index (χ1) is 10.6. The average molecular weight is 338 g/mol. The third kappa shape index (κ3) is 4.71. The summed E-state index contributed by atoms with van der Waals surface area (Å²) in [5.74, 6) is 0.822. The molecule has 0 saturated heterocycles. The van der Waals surface area contributed by atoms with Crippen LogP contribution in [0.5, 0.6) is 0 Å². The summed E-state index contributed by atoms with van der Waals surface area (Å²) in [6.07, 6.45) is 0. The number of nitrogens with zero attached hydrogens (tertiary/aromatic N) is 3. The molecule has 0 aliphatic rings. The molecule has 2 aromatic heterocycles. The van der Waals surface area contributed by atoms with Crippen LogP contribution >= 0.6 is 22.7 Å². The molecule has 2 heterocycles. The van der Waals surface area contributed by atoms with Crippen molar-refractivity contribution in [1.29, 1.82) is 0 Å². The van der Waals surface area contributed by atoms with E-state index >= 15 is 0 Å². The highest BCUT2D eigenvalue weighted by Gasteiger charge is 2.09. The Morgan fingerprint density at radius 1 is 1.41 bits per heavy atom. The van der Waals surface area contributed by atoms with E-state index in [0.29, 0.717) is 6.54 Å². The van der Waals surface area contributed by atoms with Gasteiger partial charge in [-0.3, -0.25) is 0 Å². The zero-order valence-electron chi connectivity index (χ0n) is 13.5. The minimum Gasteiger partial charge on any atom is -0.357 e. The predicted molar refractivity (Wildman–Crippen MR) is 97.1 cm³/mol. The number of aromatic nitrogens is 1. The summed E-state index contributed by atoms with van der Waals surface area (Å²) in [6.45, 7) is 5.63. The molecular weight excluding hydrogens is 314 g/mol. The fourth-order valence-electron chi connectivity index (χ4n) is 1.87. The molecule has 2 rings (SSSR count). The van der Waals surface area contributed by atoms with Gasteiger partial charge in [0.25, 0.3) is 0 Å². The first kappa shape index (κ1) is 16.8. The number of hydrogen-bond acceptors (Lipinski definition) is 5. The Morgan fingerprint density at radius 3 is 2.82 bits per heavy atom. The van der Waals surface area contributed by atoms with E-state index in [1.54, 1.807) is 22.7 Å². The molecule has 5 nitrogen and oxygen atoms in total. The molecule has 120 valence electrons. The number of aliphatic imine (C=N–C) groups is 1. The number of rotatable bonds is 6. The van der Waals surface area contributed by atoms with Crippen molar-refractivity contribution in [3.63, 3.8) is 0 Å². The molecule has 0 radical (unpaired) electrons. The largest absolute Gasteiger partial charge is 0.357 e. The highest BCUT2D eigenvalue weighted by molar-refractivity contribution is 7.13. The Labute approximate surface area is 140 Å². The second-order valence-electron chi connectivity index (χ2n) is 5.09. The zero-order valence-corrected chi connectivity index (χ0v) is 15.1. The third-order valence-electron chi connectivity index (χ3n) is 2.99. The molecule has 22 heavy (non-hydrogen) atoms. The van der Waals surface area contributed by atoms with Crippen LogP contribution < -0.4 is 15.5 Å². The van der Waals surface area contributed by atoms with Gasteiger partial charge in [0.1, 0.15) is 0 Å². The molecule has 0 amide bonds. The van der Waals surface area contributed by atoms with E-state index in [1.165, 1.54) is 4.88 Å². The Bertz CT molecular complexity index is 589. The summed E-state index contributed by atoms with van der Waals surface area (Å²) in [7, 11) is 4.00. The molecule has 0 aliphatic heterocycles. The highest BCUT2D eigenvalue weighted by atomic mass is 32.1. The van der Waals surface area contributed by atoms with E-state index < -0.39 is 0 Å². The van der Waals surface area contributed by atoms with Crippen LogP contribution in [0.1, 0.15) is 30.5 Å². The van der Waals surface area contributed by atoms with E-state index in [0.717, 1.165) is 23.3 Å². The molecule has 7 heteroatoms. The number of thiazole rings is 1. The van der Waals surface area contributed by atoms with Crippen molar-refractivity contribution in [2.24, 2.45) is 4.99 Å². The van der Waals surface area contributed by atoms with E-state index in [4.69, 9.17) is 0 Å². The molecule has 1 atom stereocenters. The second kappa shape index (κ2) is 8.14. The lowest BCUT2D eigenvalue weighted by Gasteiger charge is -2.16. The van der Waals surface area contributed by atoms with Crippen LogP contribution in [0.2, 0.25) is 0 Å². The summed E-state index contributed by atoms with van der Waals surface area (Å²) in [5.41, 5.74) is 0.995. The Hall–Kier alpha value is -1.60. The normalized spacial score (nSPS) is 13.0. The molecule has 0 fully saturated rings. The van der Waals surface area contributed by atoms with Crippen LogP contribution in [-0.2, 0) is 6.54 Å². The van der Waals surface area contributed by atoms with Gasteiger partial charge < -0.3 is 15.5 Å². The minimum atomic E-state index is 0.241. The van der Waals surface area contributed by atoms with E-state index in [9.17, 15) is 0 Å². The Balaban J connectivity index is 1.99. The fourth-order valence-corrected chi connectivity index (χ4v) is 3.35. The topological polar surface area (TPSA) is 52.6 Å². The second-order valence-corrected chi connectivity index (χ2v) is 6.91. The summed E-state index contributed by atoms with van der Waals surface area (Å²) in [5, 5.41) is 11.9. The summed E-state index contributed by atoms with van der Waals surface area (Å²) in [6, 6.07) is 4.45. The van der Waals surface area contributed by atoms with Crippen molar-refractivity contribution in [1.82, 2.24) is 15.6 Å². The summed E-state index contributed by atoms with van der Waals surface area (Å²) in [4.78, 5) is 12.5. The number of anilines is 1. The zero-order chi connectivity index (χ0) is 15.9.